The number of H-pyrrole nitrogens is 1. The van der Waals surface area contributed by atoms with Crippen molar-refractivity contribution in [1.82, 2.24) is 25.1 Å². The summed E-state index contributed by atoms with van der Waals surface area (Å²) < 4.78 is 19.2. The fourth-order valence-corrected chi connectivity index (χ4v) is 9.04. The summed E-state index contributed by atoms with van der Waals surface area (Å²) in [4.78, 5) is 39.0. The van der Waals surface area contributed by atoms with Crippen LogP contribution in [0.15, 0.2) is 77.7 Å². The number of fused-ring (bicyclic) bond motifs is 1. The maximum Gasteiger partial charge on any atom is 0.248 e. The third-order valence-corrected chi connectivity index (χ3v) is 17.1. The van der Waals surface area contributed by atoms with E-state index >= 15 is 0 Å². The number of hydrogen-bond donors (Lipinski definition) is 3. The lowest BCUT2D eigenvalue weighted by Crippen LogP contribution is -2.57. The number of ether oxygens (including phenoxy) is 2. The lowest BCUT2D eigenvalue weighted by atomic mass is 9.89. The summed E-state index contributed by atoms with van der Waals surface area (Å²) in [5.41, 5.74) is 3.55. The minimum atomic E-state index is -2.19. The van der Waals surface area contributed by atoms with E-state index in [-0.39, 0.29) is 34.0 Å². The highest BCUT2D eigenvalue weighted by molar-refractivity contribution is 6.74. The number of hydrogen-bond acceptors (Lipinski definition) is 10. The molecule has 1 atom stereocenters. The molecule has 0 bridgehead atoms. The van der Waals surface area contributed by atoms with E-state index in [2.05, 4.69) is 95.3 Å². The largest absolute Gasteiger partial charge is 0.506 e. The van der Waals surface area contributed by atoms with Gasteiger partial charge in [-0.05, 0) is 84.8 Å². The molecule has 2 aromatic heterocycles. The van der Waals surface area contributed by atoms with Crippen LogP contribution >= 0.6 is 0 Å². The standard InChI is InChI=1S/C46H66N6O6Si/c1-45(2,3)59(5,6)58-40(37-14-16-39(53)44-38(37)15-17-42(54)49-44)33-47-24-28-50(4)43(55)20-31-56-30-19-36-12-10-35(11-13-36)18-25-51-26-21-46(22-27-51)34-52(29-32-57-46)41-9-7-8-23-48-41/h7-17,23,40,47,53H,18-22,24-34H2,1-6H3,(H,49,54)/t40-/m0/s1. The van der Waals surface area contributed by atoms with Crippen molar-refractivity contribution < 1.29 is 23.8 Å². The van der Waals surface area contributed by atoms with Gasteiger partial charge in [-0.15, -0.1) is 0 Å². The minimum absolute atomic E-state index is 0.0129. The van der Waals surface area contributed by atoms with Crippen molar-refractivity contribution in [2.45, 2.75) is 82.7 Å². The van der Waals surface area contributed by atoms with Crippen LogP contribution in [0.4, 0.5) is 5.82 Å². The second-order valence-corrected chi connectivity index (χ2v) is 22.6. The Labute approximate surface area is 351 Å². The van der Waals surface area contributed by atoms with Crippen LogP contribution in [0.2, 0.25) is 18.1 Å². The Morgan fingerprint density at radius 1 is 1.02 bits per heavy atom. The van der Waals surface area contributed by atoms with Gasteiger partial charge in [0.1, 0.15) is 11.6 Å². The number of piperidine rings is 1. The molecule has 1 amide bonds. The summed E-state index contributed by atoms with van der Waals surface area (Å²) in [6.07, 6.45) is 5.82. The number of aromatic nitrogens is 2. The first-order valence-corrected chi connectivity index (χ1v) is 24.3. The van der Waals surface area contributed by atoms with E-state index in [1.54, 1.807) is 17.0 Å². The maximum atomic E-state index is 12.9. The van der Waals surface area contributed by atoms with Crippen LogP contribution in [-0.4, -0.2) is 124 Å². The van der Waals surface area contributed by atoms with Crippen molar-refractivity contribution >= 4 is 30.9 Å². The number of phenolic OH excluding ortho intramolecular Hbond substituents is 1. The second kappa shape index (κ2) is 20.0. The summed E-state index contributed by atoms with van der Waals surface area (Å²) >= 11 is 0. The Balaban J connectivity index is 0.866. The average Bonchev–Trinajstić information content (AvgIpc) is 3.22. The molecule has 6 rings (SSSR count). The zero-order valence-electron chi connectivity index (χ0n) is 36.1. The van der Waals surface area contributed by atoms with Gasteiger partial charge in [-0.3, -0.25) is 9.59 Å². The zero-order chi connectivity index (χ0) is 42.0. The fourth-order valence-electron chi connectivity index (χ4n) is 7.76. The van der Waals surface area contributed by atoms with Gasteiger partial charge in [0.2, 0.25) is 11.5 Å². The minimum Gasteiger partial charge on any atom is -0.506 e. The van der Waals surface area contributed by atoms with Crippen LogP contribution in [0.5, 0.6) is 5.75 Å². The van der Waals surface area contributed by atoms with Crippen LogP contribution in [-0.2, 0) is 31.5 Å². The molecule has 2 aromatic carbocycles. The summed E-state index contributed by atoms with van der Waals surface area (Å²) in [6.45, 7) is 19.4. The predicted molar refractivity (Wildman–Crippen MR) is 238 cm³/mol. The first-order valence-electron chi connectivity index (χ1n) is 21.4. The highest BCUT2D eigenvalue weighted by Crippen LogP contribution is 2.41. The molecule has 0 unspecified atom stereocenters. The molecular weight excluding hydrogens is 761 g/mol. The number of morpholine rings is 1. The van der Waals surface area contributed by atoms with Crippen molar-refractivity contribution in [2.24, 2.45) is 0 Å². The third kappa shape index (κ3) is 12.0. The number of likely N-dealkylation sites (N-methyl/N-ethyl adjacent to an activating group) is 1. The van der Waals surface area contributed by atoms with Gasteiger partial charge in [-0.25, -0.2) is 4.98 Å². The Bertz CT molecular complexity index is 2010. The fraction of sp³-hybridized carbons (Fsp3) is 0.543. The number of carbonyl (C=O) groups is 1. The molecule has 2 aliphatic heterocycles. The predicted octanol–water partition coefficient (Wildman–Crippen LogP) is 6.30. The number of anilines is 1. The highest BCUT2D eigenvalue weighted by Gasteiger charge is 2.41. The smallest absolute Gasteiger partial charge is 0.248 e. The van der Waals surface area contributed by atoms with Gasteiger partial charge in [0.05, 0.1) is 43.5 Å². The molecule has 0 saturated carbocycles. The monoisotopic (exact) mass is 826 g/mol. The van der Waals surface area contributed by atoms with Crippen molar-refractivity contribution in [3.8, 4) is 5.75 Å². The summed E-state index contributed by atoms with van der Waals surface area (Å²) in [5.74, 6) is 1.11. The van der Waals surface area contributed by atoms with Gasteiger partial charge in [0.25, 0.3) is 0 Å². The summed E-state index contributed by atoms with van der Waals surface area (Å²) in [5, 5.41) is 14.7. The number of phenols is 1. The van der Waals surface area contributed by atoms with Crippen LogP contribution < -0.4 is 15.8 Å². The SMILES string of the molecule is CN(CCNC[C@H](O[Si](C)(C)C(C)(C)C)c1ccc(O)c2[nH]c(=O)ccc12)C(=O)CCOCCc1ccc(CCN2CCC3(CC2)CN(c2ccccn2)CCO3)cc1. The maximum absolute atomic E-state index is 12.9. The molecule has 12 nitrogen and oxygen atoms in total. The number of aromatic amines is 1. The second-order valence-electron chi connectivity index (χ2n) is 17.8. The molecule has 4 aromatic rings. The number of likely N-dealkylation sites (tertiary alicyclic amines) is 1. The molecule has 13 heteroatoms. The van der Waals surface area contributed by atoms with Crippen LogP contribution in [0, 0.1) is 0 Å². The van der Waals surface area contributed by atoms with Crippen molar-refractivity contribution in [2.75, 3.05) is 84.1 Å². The molecule has 2 saturated heterocycles. The Morgan fingerprint density at radius 3 is 2.47 bits per heavy atom. The van der Waals surface area contributed by atoms with E-state index in [4.69, 9.17) is 13.9 Å². The topological polar surface area (TPSA) is 132 Å². The normalized spacial score (nSPS) is 16.7. The van der Waals surface area contributed by atoms with Crippen molar-refractivity contribution in [3.63, 3.8) is 0 Å². The molecule has 2 fully saturated rings. The first kappa shape index (κ1) is 44.4. The van der Waals surface area contributed by atoms with Gasteiger partial charge < -0.3 is 44.0 Å². The average molecular weight is 827 g/mol. The Morgan fingerprint density at radius 2 is 1.76 bits per heavy atom. The van der Waals surface area contributed by atoms with Gasteiger partial charge in [-0.2, -0.15) is 0 Å². The van der Waals surface area contributed by atoms with E-state index in [1.165, 1.54) is 17.2 Å². The van der Waals surface area contributed by atoms with Gasteiger partial charge >= 0.3 is 0 Å². The summed E-state index contributed by atoms with van der Waals surface area (Å²) in [6, 6.07) is 21.7. The molecule has 1 spiro atoms. The van der Waals surface area contributed by atoms with Crippen molar-refractivity contribution in [3.05, 3.63) is 100.0 Å². The third-order valence-electron chi connectivity index (χ3n) is 12.6. The zero-order valence-corrected chi connectivity index (χ0v) is 37.1. The van der Waals surface area contributed by atoms with E-state index in [0.717, 1.165) is 81.8 Å². The quantitative estimate of drug-likeness (QED) is 0.0776. The van der Waals surface area contributed by atoms with Gasteiger partial charge in [0, 0.05) is 77.1 Å². The number of amides is 1. The first-order chi connectivity index (χ1) is 28.2. The number of pyridine rings is 2. The molecule has 320 valence electrons. The molecule has 2 aliphatic rings. The molecule has 3 N–H and O–H groups in total. The lowest BCUT2D eigenvalue weighted by molar-refractivity contribution is -0.131. The van der Waals surface area contributed by atoms with E-state index in [0.29, 0.717) is 44.8 Å². The van der Waals surface area contributed by atoms with Gasteiger partial charge in [-0.1, -0.05) is 57.2 Å². The molecule has 59 heavy (non-hydrogen) atoms. The van der Waals surface area contributed by atoms with Crippen LogP contribution in [0.25, 0.3) is 10.9 Å². The molecule has 4 heterocycles. The lowest BCUT2D eigenvalue weighted by Gasteiger charge is -2.47. The molecule has 0 radical (unpaired) electrons. The van der Waals surface area contributed by atoms with Crippen molar-refractivity contribution in [1.29, 1.82) is 0 Å². The summed E-state index contributed by atoms with van der Waals surface area (Å²) in [7, 11) is -0.370. The molecular formula is C46H66N6O6Si. The Kier molecular flexibility index (Phi) is 15.0. The number of nitrogens with one attached hydrogen (secondary N) is 2. The number of aromatic hydroxyl groups is 1. The van der Waals surface area contributed by atoms with E-state index in [9.17, 15) is 14.7 Å². The van der Waals surface area contributed by atoms with Crippen LogP contribution in [0.1, 0.15) is 62.8 Å². The number of benzene rings is 2. The van der Waals surface area contributed by atoms with E-state index < -0.39 is 8.32 Å². The van der Waals surface area contributed by atoms with E-state index in [1.807, 2.05) is 25.4 Å². The molecule has 0 aliphatic carbocycles. The number of carbonyl (C=O) groups excluding carboxylic acids is 1. The number of rotatable bonds is 18. The van der Waals surface area contributed by atoms with Gasteiger partial charge in [0.15, 0.2) is 8.32 Å². The van der Waals surface area contributed by atoms with Crippen LogP contribution in [0.3, 0.4) is 0 Å². The Hall–Kier alpha value is -4.11. The highest BCUT2D eigenvalue weighted by atomic mass is 28.4. The number of nitrogens with zero attached hydrogens (tertiary/aromatic N) is 4.